The lowest BCUT2D eigenvalue weighted by Gasteiger charge is -2.14. The first kappa shape index (κ1) is 15.5. The molecule has 0 saturated carbocycles. The summed E-state index contributed by atoms with van der Waals surface area (Å²) in [4.78, 5) is 11.9. The van der Waals surface area contributed by atoms with Crippen molar-refractivity contribution in [3.8, 4) is 5.75 Å². The van der Waals surface area contributed by atoms with Crippen LogP contribution in [-0.4, -0.2) is 19.1 Å². The van der Waals surface area contributed by atoms with E-state index in [1.807, 2.05) is 39.0 Å². The molecule has 0 aromatic heterocycles. The van der Waals surface area contributed by atoms with Gasteiger partial charge in [-0.1, -0.05) is 13.3 Å². The molecule has 19 heavy (non-hydrogen) atoms. The number of carbonyl (C=O) groups is 1. The Bertz CT molecular complexity index is 415. The molecule has 0 aliphatic heterocycles. The monoisotopic (exact) mass is 264 g/mol. The molecule has 0 radical (unpaired) electrons. The molecular formula is C15H24N2O2. The molecule has 0 heterocycles. The highest BCUT2D eigenvalue weighted by Gasteiger charge is 2.11. The number of ether oxygens (including phenoxy) is 1. The van der Waals surface area contributed by atoms with E-state index in [2.05, 4.69) is 5.32 Å². The zero-order valence-corrected chi connectivity index (χ0v) is 12.0. The topological polar surface area (TPSA) is 64.3 Å². The highest BCUT2D eigenvalue weighted by Crippen LogP contribution is 2.22. The van der Waals surface area contributed by atoms with E-state index in [1.165, 1.54) is 0 Å². The summed E-state index contributed by atoms with van der Waals surface area (Å²) in [6.07, 6.45) is 1.39. The molecule has 0 spiro atoms. The number of amides is 1. The Hall–Kier alpha value is -1.55. The summed E-state index contributed by atoms with van der Waals surface area (Å²) in [7, 11) is 0. The minimum Gasteiger partial charge on any atom is -0.494 e. The minimum atomic E-state index is 0.0181. The first-order valence-electron chi connectivity index (χ1n) is 6.84. The van der Waals surface area contributed by atoms with Gasteiger partial charge in [0.15, 0.2) is 0 Å². The van der Waals surface area contributed by atoms with Gasteiger partial charge in [0.25, 0.3) is 0 Å². The third kappa shape index (κ3) is 4.91. The van der Waals surface area contributed by atoms with Crippen LogP contribution in [0.1, 0.15) is 32.3 Å². The second-order valence-corrected chi connectivity index (χ2v) is 4.67. The molecule has 1 atom stereocenters. The standard InChI is InChI=1S/C15H24N2O2/c1-4-12(10-16)9-15(18)17-14-7-6-13(19-5-2)8-11(14)3/h6-8,12H,4-5,9-10,16H2,1-3H3,(H,17,18). The van der Waals surface area contributed by atoms with E-state index in [0.29, 0.717) is 19.6 Å². The van der Waals surface area contributed by atoms with Gasteiger partial charge >= 0.3 is 0 Å². The Morgan fingerprint density at radius 3 is 2.68 bits per heavy atom. The molecule has 1 unspecified atom stereocenters. The fourth-order valence-electron chi connectivity index (χ4n) is 1.89. The Labute approximate surface area is 115 Å². The summed E-state index contributed by atoms with van der Waals surface area (Å²) in [5, 5.41) is 2.93. The average molecular weight is 264 g/mol. The third-order valence-corrected chi connectivity index (χ3v) is 3.17. The van der Waals surface area contributed by atoms with Gasteiger partial charge in [-0.3, -0.25) is 4.79 Å². The van der Waals surface area contributed by atoms with Crippen molar-refractivity contribution < 1.29 is 9.53 Å². The van der Waals surface area contributed by atoms with Crippen molar-refractivity contribution >= 4 is 11.6 Å². The molecule has 1 aromatic carbocycles. The molecule has 0 saturated heterocycles. The third-order valence-electron chi connectivity index (χ3n) is 3.17. The van der Waals surface area contributed by atoms with Crippen molar-refractivity contribution in [3.05, 3.63) is 23.8 Å². The van der Waals surface area contributed by atoms with Crippen LogP contribution in [0.3, 0.4) is 0 Å². The van der Waals surface area contributed by atoms with E-state index >= 15 is 0 Å². The van der Waals surface area contributed by atoms with Crippen LogP contribution in [0.25, 0.3) is 0 Å². The highest BCUT2D eigenvalue weighted by molar-refractivity contribution is 5.91. The summed E-state index contributed by atoms with van der Waals surface area (Å²) in [6.45, 7) is 7.14. The number of anilines is 1. The van der Waals surface area contributed by atoms with Crippen molar-refractivity contribution in [2.24, 2.45) is 11.7 Å². The molecular weight excluding hydrogens is 240 g/mol. The van der Waals surface area contributed by atoms with Crippen molar-refractivity contribution in [1.82, 2.24) is 0 Å². The lowest BCUT2D eigenvalue weighted by molar-refractivity contribution is -0.117. The van der Waals surface area contributed by atoms with Crippen LogP contribution >= 0.6 is 0 Å². The number of hydrogen-bond donors (Lipinski definition) is 2. The van der Waals surface area contributed by atoms with Crippen molar-refractivity contribution in [1.29, 1.82) is 0 Å². The van der Waals surface area contributed by atoms with E-state index in [0.717, 1.165) is 23.4 Å². The molecule has 0 aliphatic rings. The summed E-state index contributed by atoms with van der Waals surface area (Å²) in [5.41, 5.74) is 7.45. The van der Waals surface area contributed by atoms with Gasteiger partial charge in [-0.2, -0.15) is 0 Å². The van der Waals surface area contributed by atoms with Gasteiger partial charge in [-0.15, -0.1) is 0 Å². The van der Waals surface area contributed by atoms with Gasteiger partial charge in [0, 0.05) is 12.1 Å². The summed E-state index contributed by atoms with van der Waals surface area (Å²) in [5.74, 6) is 1.10. The molecule has 4 nitrogen and oxygen atoms in total. The van der Waals surface area contributed by atoms with Gasteiger partial charge in [0.2, 0.25) is 5.91 Å². The van der Waals surface area contributed by atoms with Gasteiger partial charge in [0.05, 0.1) is 6.61 Å². The second kappa shape index (κ2) is 7.79. The predicted molar refractivity (Wildman–Crippen MR) is 78.4 cm³/mol. The van der Waals surface area contributed by atoms with Crippen LogP contribution in [-0.2, 0) is 4.79 Å². The highest BCUT2D eigenvalue weighted by atomic mass is 16.5. The van der Waals surface area contributed by atoms with Crippen LogP contribution in [0, 0.1) is 12.8 Å². The van der Waals surface area contributed by atoms with E-state index in [4.69, 9.17) is 10.5 Å². The maximum Gasteiger partial charge on any atom is 0.224 e. The summed E-state index contributed by atoms with van der Waals surface area (Å²) in [6, 6.07) is 5.67. The SMILES string of the molecule is CCOc1ccc(NC(=O)CC(CC)CN)c(C)c1. The van der Waals surface area contributed by atoms with Gasteiger partial charge in [0.1, 0.15) is 5.75 Å². The Balaban J connectivity index is 2.64. The quantitative estimate of drug-likeness (QED) is 0.796. The first-order valence-corrected chi connectivity index (χ1v) is 6.84. The second-order valence-electron chi connectivity index (χ2n) is 4.67. The lowest BCUT2D eigenvalue weighted by Crippen LogP contribution is -2.22. The van der Waals surface area contributed by atoms with E-state index < -0.39 is 0 Å². The summed E-state index contributed by atoms with van der Waals surface area (Å²) < 4.78 is 5.42. The van der Waals surface area contributed by atoms with Crippen LogP contribution in [0.5, 0.6) is 5.75 Å². The molecule has 1 amide bonds. The first-order chi connectivity index (χ1) is 9.10. The van der Waals surface area contributed by atoms with Gasteiger partial charge < -0.3 is 15.8 Å². The van der Waals surface area contributed by atoms with E-state index in [9.17, 15) is 4.79 Å². The number of benzene rings is 1. The van der Waals surface area contributed by atoms with Crippen LogP contribution in [0.4, 0.5) is 5.69 Å². The van der Waals surface area contributed by atoms with Crippen LogP contribution < -0.4 is 15.8 Å². The Morgan fingerprint density at radius 1 is 1.42 bits per heavy atom. The molecule has 0 bridgehead atoms. The summed E-state index contributed by atoms with van der Waals surface area (Å²) >= 11 is 0. The Morgan fingerprint density at radius 2 is 2.16 bits per heavy atom. The number of carbonyl (C=O) groups excluding carboxylic acids is 1. The maximum absolute atomic E-state index is 11.9. The smallest absolute Gasteiger partial charge is 0.224 e. The number of aryl methyl sites for hydroxylation is 1. The van der Waals surface area contributed by atoms with Crippen molar-refractivity contribution in [2.75, 3.05) is 18.5 Å². The van der Waals surface area contributed by atoms with Crippen molar-refractivity contribution in [2.45, 2.75) is 33.6 Å². The molecule has 0 aliphatic carbocycles. The molecule has 3 N–H and O–H groups in total. The average Bonchev–Trinajstić information content (AvgIpc) is 2.39. The minimum absolute atomic E-state index is 0.0181. The van der Waals surface area contributed by atoms with Gasteiger partial charge in [-0.05, 0) is 50.1 Å². The Kier molecular flexibility index (Phi) is 6.36. The number of nitrogens with one attached hydrogen (secondary N) is 1. The van der Waals surface area contributed by atoms with Crippen LogP contribution in [0.15, 0.2) is 18.2 Å². The normalized spacial score (nSPS) is 12.0. The van der Waals surface area contributed by atoms with Crippen LogP contribution in [0.2, 0.25) is 0 Å². The molecule has 0 fully saturated rings. The van der Waals surface area contributed by atoms with Crippen molar-refractivity contribution in [3.63, 3.8) is 0 Å². The number of nitrogens with two attached hydrogens (primary N) is 1. The zero-order valence-electron chi connectivity index (χ0n) is 12.0. The van der Waals surface area contributed by atoms with E-state index in [-0.39, 0.29) is 11.8 Å². The maximum atomic E-state index is 11.9. The largest absolute Gasteiger partial charge is 0.494 e. The van der Waals surface area contributed by atoms with Gasteiger partial charge in [-0.25, -0.2) is 0 Å². The molecule has 4 heteroatoms. The fraction of sp³-hybridized carbons (Fsp3) is 0.533. The van der Waals surface area contributed by atoms with E-state index in [1.54, 1.807) is 0 Å². The number of rotatable bonds is 7. The molecule has 1 aromatic rings. The number of hydrogen-bond acceptors (Lipinski definition) is 3. The predicted octanol–water partition coefficient (Wildman–Crippen LogP) is 2.71. The zero-order chi connectivity index (χ0) is 14.3. The fourth-order valence-corrected chi connectivity index (χ4v) is 1.89. The molecule has 1 rings (SSSR count). The molecule has 106 valence electrons. The lowest BCUT2D eigenvalue weighted by atomic mass is 10.0.